The van der Waals surface area contributed by atoms with Crippen LogP contribution >= 0.6 is 11.6 Å². The first-order valence-corrected chi connectivity index (χ1v) is 8.33. The number of rotatable bonds is 6. The van der Waals surface area contributed by atoms with Gasteiger partial charge in [-0.25, -0.2) is 0 Å². The molecule has 2 heterocycles. The zero-order chi connectivity index (χ0) is 16.9. The van der Waals surface area contributed by atoms with Crippen LogP contribution in [0.1, 0.15) is 31.1 Å². The first kappa shape index (κ1) is 16.6. The lowest BCUT2D eigenvalue weighted by atomic mass is 10.1. The van der Waals surface area contributed by atoms with Crippen molar-refractivity contribution in [2.45, 2.75) is 32.4 Å². The second-order valence-corrected chi connectivity index (χ2v) is 6.06. The normalized spacial score (nSPS) is 16.6. The van der Waals surface area contributed by atoms with E-state index in [0.29, 0.717) is 36.9 Å². The van der Waals surface area contributed by atoms with Crippen molar-refractivity contribution < 1.29 is 14.0 Å². The van der Waals surface area contributed by atoms with Crippen LogP contribution in [0, 0.1) is 0 Å². The summed E-state index contributed by atoms with van der Waals surface area (Å²) in [6.07, 6.45) is 0.871. The Morgan fingerprint density at radius 2 is 2.08 bits per heavy atom. The van der Waals surface area contributed by atoms with E-state index in [4.69, 9.17) is 20.9 Å². The maximum Gasteiger partial charge on any atom is 0.222 e. The summed E-state index contributed by atoms with van der Waals surface area (Å²) in [4.78, 5) is 19.6. The van der Waals surface area contributed by atoms with Crippen molar-refractivity contribution >= 4 is 23.2 Å². The molecule has 0 unspecified atom stereocenters. The van der Waals surface area contributed by atoms with E-state index in [1.165, 1.54) is 0 Å². The molecule has 1 aromatic carbocycles. The van der Waals surface area contributed by atoms with Gasteiger partial charge in [0.2, 0.25) is 5.91 Å². The van der Waals surface area contributed by atoms with E-state index in [9.17, 15) is 4.79 Å². The van der Waals surface area contributed by atoms with Crippen LogP contribution in [0.25, 0.3) is 0 Å². The van der Waals surface area contributed by atoms with Crippen molar-refractivity contribution in [1.29, 1.82) is 0 Å². The molecule has 0 aliphatic carbocycles. The zero-order valence-electron chi connectivity index (χ0n) is 13.4. The van der Waals surface area contributed by atoms with Crippen molar-refractivity contribution in [3.05, 3.63) is 59.0 Å². The van der Waals surface area contributed by atoms with Crippen molar-refractivity contribution in [3.8, 4) is 0 Å². The number of hydrogen-bond acceptors (Lipinski definition) is 4. The zero-order valence-corrected chi connectivity index (χ0v) is 14.2. The molecule has 0 fully saturated rings. The quantitative estimate of drug-likeness (QED) is 0.798. The molecule has 5 nitrogen and oxygen atoms in total. The molecule has 1 aliphatic heterocycles. The van der Waals surface area contributed by atoms with Gasteiger partial charge in [0, 0.05) is 19.4 Å². The Labute approximate surface area is 145 Å². The Morgan fingerprint density at radius 1 is 1.29 bits per heavy atom. The highest BCUT2D eigenvalue weighted by Gasteiger charge is 2.27. The van der Waals surface area contributed by atoms with Crippen molar-refractivity contribution in [2.75, 3.05) is 6.54 Å². The molecular weight excluding hydrogens is 328 g/mol. The third-order valence-electron chi connectivity index (χ3n) is 3.89. The predicted molar refractivity (Wildman–Crippen MR) is 91.9 cm³/mol. The van der Waals surface area contributed by atoms with E-state index in [2.05, 4.69) is 5.16 Å². The second kappa shape index (κ2) is 7.53. The van der Waals surface area contributed by atoms with Gasteiger partial charge >= 0.3 is 0 Å². The number of carbonyl (C=O) groups excluding carboxylic acids is 1. The van der Waals surface area contributed by atoms with Gasteiger partial charge in [-0.15, -0.1) is 0 Å². The summed E-state index contributed by atoms with van der Waals surface area (Å²) in [5.74, 6) is 0.705. The lowest BCUT2D eigenvalue weighted by Gasteiger charge is -2.24. The third kappa shape index (κ3) is 3.97. The van der Waals surface area contributed by atoms with Gasteiger partial charge < -0.3 is 14.2 Å². The molecule has 0 saturated carbocycles. The van der Waals surface area contributed by atoms with Crippen molar-refractivity contribution in [3.63, 3.8) is 0 Å². The molecule has 0 radical (unpaired) electrons. The van der Waals surface area contributed by atoms with Crippen LogP contribution in [0.3, 0.4) is 0 Å². The fourth-order valence-electron chi connectivity index (χ4n) is 2.67. The van der Waals surface area contributed by atoms with Gasteiger partial charge in [0.25, 0.3) is 0 Å². The van der Waals surface area contributed by atoms with Gasteiger partial charge in [-0.2, -0.15) is 0 Å². The summed E-state index contributed by atoms with van der Waals surface area (Å²) in [5.41, 5.74) is 1.81. The van der Waals surface area contributed by atoms with Gasteiger partial charge in [-0.3, -0.25) is 4.79 Å². The standard InChI is InChI=1S/C18H19ClN2O3/c1-2-18(22)21(11-13-6-4-3-5-7-13)12-14-10-15(20-24-14)16-8-9-17(19)23-16/h3-9,14H,2,10-12H2,1H3/t14-/m1/s1. The van der Waals surface area contributed by atoms with E-state index in [-0.39, 0.29) is 12.0 Å². The van der Waals surface area contributed by atoms with Gasteiger partial charge in [-0.1, -0.05) is 42.4 Å². The highest BCUT2D eigenvalue weighted by Crippen LogP contribution is 2.22. The van der Waals surface area contributed by atoms with Crippen LogP contribution in [0.15, 0.2) is 52.0 Å². The highest BCUT2D eigenvalue weighted by molar-refractivity contribution is 6.29. The molecule has 3 rings (SSSR count). The first-order valence-electron chi connectivity index (χ1n) is 7.95. The Morgan fingerprint density at radius 3 is 2.75 bits per heavy atom. The van der Waals surface area contributed by atoms with E-state index in [1.807, 2.05) is 42.2 Å². The fourth-order valence-corrected chi connectivity index (χ4v) is 2.82. The molecule has 0 N–H and O–H groups in total. The van der Waals surface area contributed by atoms with Crippen LogP contribution in [-0.4, -0.2) is 29.2 Å². The molecule has 2 aromatic rings. The highest BCUT2D eigenvalue weighted by atomic mass is 35.5. The molecule has 1 amide bonds. The summed E-state index contributed by atoms with van der Waals surface area (Å²) in [5, 5.41) is 4.39. The van der Waals surface area contributed by atoms with Crippen LogP contribution in [0.4, 0.5) is 0 Å². The molecule has 1 atom stereocenters. The van der Waals surface area contributed by atoms with Crippen LogP contribution < -0.4 is 0 Å². The number of furan rings is 1. The van der Waals surface area contributed by atoms with Crippen LogP contribution in [-0.2, 0) is 16.2 Å². The molecule has 1 aromatic heterocycles. The average Bonchev–Trinajstić information content (AvgIpc) is 3.23. The molecule has 1 aliphatic rings. The molecule has 0 bridgehead atoms. The molecule has 6 heteroatoms. The largest absolute Gasteiger partial charge is 0.443 e. The van der Waals surface area contributed by atoms with Crippen LogP contribution in [0.5, 0.6) is 0 Å². The Kier molecular flexibility index (Phi) is 5.20. The lowest BCUT2D eigenvalue weighted by Crippen LogP contribution is -2.36. The summed E-state index contributed by atoms with van der Waals surface area (Å²) >= 11 is 5.79. The Hall–Kier alpha value is -2.27. The smallest absolute Gasteiger partial charge is 0.222 e. The number of carbonyl (C=O) groups is 1. The molecule has 0 saturated heterocycles. The second-order valence-electron chi connectivity index (χ2n) is 5.69. The minimum atomic E-state index is -0.178. The summed E-state index contributed by atoms with van der Waals surface area (Å²) in [7, 11) is 0. The number of nitrogens with zero attached hydrogens (tertiary/aromatic N) is 2. The Balaban J connectivity index is 1.63. The number of amides is 1. The minimum absolute atomic E-state index is 0.0944. The molecular formula is C18H19ClN2O3. The Bertz CT molecular complexity index is 727. The molecule has 0 spiro atoms. The number of oxime groups is 1. The summed E-state index contributed by atoms with van der Waals surface area (Å²) in [6, 6.07) is 13.4. The summed E-state index contributed by atoms with van der Waals surface area (Å²) < 4.78 is 5.36. The monoisotopic (exact) mass is 346 g/mol. The van der Waals surface area contributed by atoms with E-state index in [0.717, 1.165) is 11.3 Å². The van der Waals surface area contributed by atoms with E-state index >= 15 is 0 Å². The third-order valence-corrected chi connectivity index (χ3v) is 4.09. The SMILES string of the molecule is CCC(=O)N(Cc1ccccc1)C[C@H]1CC(c2ccc(Cl)o2)=NO1. The van der Waals surface area contributed by atoms with Crippen molar-refractivity contribution in [1.82, 2.24) is 4.90 Å². The summed E-state index contributed by atoms with van der Waals surface area (Å²) in [6.45, 7) is 2.92. The average molecular weight is 347 g/mol. The molecule has 24 heavy (non-hydrogen) atoms. The number of benzene rings is 1. The van der Waals surface area contributed by atoms with Gasteiger partial charge in [0.05, 0.1) is 6.54 Å². The van der Waals surface area contributed by atoms with E-state index in [1.54, 1.807) is 12.1 Å². The minimum Gasteiger partial charge on any atom is -0.443 e. The first-order chi connectivity index (χ1) is 11.7. The number of halogens is 1. The van der Waals surface area contributed by atoms with E-state index < -0.39 is 0 Å². The lowest BCUT2D eigenvalue weighted by molar-refractivity contribution is -0.133. The fraction of sp³-hybridized carbons (Fsp3) is 0.333. The van der Waals surface area contributed by atoms with Gasteiger partial charge in [0.1, 0.15) is 5.71 Å². The van der Waals surface area contributed by atoms with Gasteiger partial charge in [-0.05, 0) is 29.3 Å². The van der Waals surface area contributed by atoms with Crippen molar-refractivity contribution in [2.24, 2.45) is 5.16 Å². The maximum atomic E-state index is 12.3. The predicted octanol–water partition coefficient (Wildman–Crippen LogP) is 3.86. The van der Waals surface area contributed by atoms with Crippen LogP contribution in [0.2, 0.25) is 5.22 Å². The maximum absolute atomic E-state index is 12.3. The topological polar surface area (TPSA) is 55.0 Å². The molecule has 126 valence electrons. The number of hydrogen-bond donors (Lipinski definition) is 0. The van der Waals surface area contributed by atoms with Gasteiger partial charge in [0.15, 0.2) is 17.1 Å².